The number of likely N-dealkylation sites (N-methyl/N-ethyl adjacent to an activating group) is 1. The number of amides is 2. The molecular formula is C27H35N3O3. The first-order valence-corrected chi connectivity index (χ1v) is 12.0. The van der Waals surface area contributed by atoms with Gasteiger partial charge in [0.1, 0.15) is 6.04 Å². The normalized spacial score (nSPS) is 19.6. The fourth-order valence-electron chi connectivity index (χ4n) is 4.82. The maximum Gasteiger partial charge on any atom is 0.253 e. The number of nitrogens with one attached hydrogen (secondary N) is 2. The van der Waals surface area contributed by atoms with Gasteiger partial charge in [-0.05, 0) is 48.9 Å². The van der Waals surface area contributed by atoms with Gasteiger partial charge < -0.3 is 20.3 Å². The maximum absolute atomic E-state index is 13.8. The lowest BCUT2D eigenvalue weighted by atomic mass is 9.78. The molecule has 1 fully saturated rings. The van der Waals surface area contributed by atoms with Gasteiger partial charge in [0.05, 0.1) is 11.1 Å². The summed E-state index contributed by atoms with van der Waals surface area (Å²) in [6.07, 6.45) is 2.35. The summed E-state index contributed by atoms with van der Waals surface area (Å²) in [5.74, 6) is 0.403. The second-order valence-corrected chi connectivity index (χ2v) is 9.66. The van der Waals surface area contributed by atoms with Crippen molar-refractivity contribution in [2.24, 2.45) is 11.3 Å². The number of benzene rings is 2. The van der Waals surface area contributed by atoms with Gasteiger partial charge in [0.25, 0.3) is 5.91 Å². The van der Waals surface area contributed by atoms with Crippen molar-refractivity contribution in [2.75, 3.05) is 38.3 Å². The number of carbonyl (C=O) groups excluding carboxylic acids is 2. The minimum absolute atomic E-state index is 0.0737. The summed E-state index contributed by atoms with van der Waals surface area (Å²) in [6, 6.07) is 15.0. The molecule has 0 saturated carbocycles. The third-order valence-electron chi connectivity index (χ3n) is 6.97. The van der Waals surface area contributed by atoms with E-state index < -0.39 is 11.5 Å². The van der Waals surface area contributed by atoms with Crippen LogP contribution in [0.4, 0.5) is 5.69 Å². The summed E-state index contributed by atoms with van der Waals surface area (Å²) < 4.78 is 5.58. The van der Waals surface area contributed by atoms with E-state index >= 15 is 0 Å². The Labute approximate surface area is 196 Å². The second kappa shape index (κ2) is 10.1. The van der Waals surface area contributed by atoms with Gasteiger partial charge in [-0.15, -0.1) is 0 Å². The number of nitrogens with zero attached hydrogens (tertiary/aromatic N) is 1. The Morgan fingerprint density at radius 1 is 1.09 bits per heavy atom. The molecule has 1 atom stereocenters. The van der Waals surface area contributed by atoms with Crippen LogP contribution in [0.1, 0.15) is 44.7 Å². The zero-order valence-corrected chi connectivity index (χ0v) is 19.9. The molecule has 6 nitrogen and oxygen atoms in total. The number of anilines is 1. The van der Waals surface area contributed by atoms with E-state index in [4.69, 9.17) is 4.74 Å². The fourth-order valence-corrected chi connectivity index (χ4v) is 4.82. The molecule has 2 aromatic carbocycles. The van der Waals surface area contributed by atoms with Gasteiger partial charge in [0, 0.05) is 32.4 Å². The molecule has 2 amide bonds. The molecule has 0 aliphatic carbocycles. The van der Waals surface area contributed by atoms with Crippen LogP contribution in [0.25, 0.3) is 11.1 Å². The highest BCUT2D eigenvalue weighted by atomic mass is 16.5. The summed E-state index contributed by atoms with van der Waals surface area (Å²) in [5, 5.41) is 6.66. The molecule has 0 radical (unpaired) electrons. The number of ether oxygens (including phenoxy) is 1. The van der Waals surface area contributed by atoms with Crippen LogP contribution >= 0.6 is 0 Å². The lowest BCUT2D eigenvalue weighted by molar-refractivity contribution is -0.139. The van der Waals surface area contributed by atoms with Gasteiger partial charge in [-0.25, -0.2) is 0 Å². The molecule has 33 heavy (non-hydrogen) atoms. The van der Waals surface area contributed by atoms with E-state index in [1.165, 1.54) is 0 Å². The number of para-hydroxylation sites is 1. The first-order valence-electron chi connectivity index (χ1n) is 12.0. The van der Waals surface area contributed by atoms with Crippen LogP contribution in [-0.2, 0) is 14.3 Å². The number of hydrogen-bond acceptors (Lipinski definition) is 4. The van der Waals surface area contributed by atoms with E-state index in [1.807, 2.05) is 48.5 Å². The monoisotopic (exact) mass is 449 g/mol. The Balaban J connectivity index is 1.62. The predicted octanol–water partition coefficient (Wildman–Crippen LogP) is 3.92. The quantitative estimate of drug-likeness (QED) is 0.629. The average molecular weight is 450 g/mol. The maximum atomic E-state index is 13.8. The molecule has 2 aromatic rings. The lowest BCUT2D eigenvalue weighted by Crippen LogP contribution is -2.53. The molecule has 0 aromatic heterocycles. The van der Waals surface area contributed by atoms with Gasteiger partial charge in [0.15, 0.2) is 0 Å². The summed E-state index contributed by atoms with van der Waals surface area (Å²) in [4.78, 5) is 29.1. The third kappa shape index (κ3) is 4.82. The molecule has 2 heterocycles. The van der Waals surface area contributed by atoms with Crippen LogP contribution < -0.4 is 15.5 Å². The summed E-state index contributed by atoms with van der Waals surface area (Å²) >= 11 is 0. The Bertz CT molecular complexity index is 998. The molecule has 1 unspecified atom stereocenters. The summed E-state index contributed by atoms with van der Waals surface area (Å²) in [7, 11) is 1.78. The first-order chi connectivity index (χ1) is 15.9. The molecular weight excluding hydrogens is 414 g/mol. The van der Waals surface area contributed by atoms with Crippen molar-refractivity contribution in [1.82, 2.24) is 10.6 Å². The zero-order valence-electron chi connectivity index (χ0n) is 19.9. The van der Waals surface area contributed by atoms with E-state index in [0.29, 0.717) is 38.5 Å². The number of hydrogen-bond donors (Lipinski definition) is 2. The van der Waals surface area contributed by atoms with Crippen LogP contribution in [-0.4, -0.2) is 45.2 Å². The van der Waals surface area contributed by atoms with E-state index in [2.05, 4.69) is 24.5 Å². The molecule has 6 heteroatoms. The van der Waals surface area contributed by atoms with Crippen molar-refractivity contribution in [3.8, 4) is 11.1 Å². The molecule has 2 N–H and O–H groups in total. The minimum atomic E-state index is -0.735. The summed E-state index contributed by atoms with van der Waals surface area (Å²) in [6.45, 7) is 6.97. The van der Waals surface area contributed by atoms with Crippen molar-refractivity contribution in [2.45, 2.75) is 39.2 Å². The van der Waals surface area contributed by atoms with E-state index in [1.54, 1.807) is 11.9 Å². The zero-order chi connectivity index (χ0) is 23.4. The van der Waals surface area contributed by atoms with Crippen molar-refractivity contribution in [1.29, 1.82) is 0 Å². The van der Waals surface area contributed by atoms with E-state index in [9.17, 15) is 9.59 Å². The van der Waals surface area contributed by atoms with Crippen LogP contribution in [0.3, 0.4) is 0 Å². The highest BCUT2D eigenvalue weighted by molar-refractivity contribution is 6.06. The Kier molecular flexibility index (Phi) is 7.15. The fraction of sp³-hybridized carbons (Fsp3) is 0.481. The van der Waals surface area contributed by atoms with Crippen molar-refractivity contribution in [3.63, 3.8) is 0 Å². The molecule has 0 spiro atoms. The highest BCUT2D eigenvalue weighted by Crippen LogP contribution is 2.40. The number of fused-ring (bicyclic) bond motifs is 3. The largest absolute Gasteiger partial charge is 0.381 e. The molecule has 4 rings (SSSR count). The Hall–Kier alpha value is -2.70. The van der Waals surface area contributed by atoms with Gasteiger partial charge in [-0.1, -0.05) is 56.3 Å². The number of rotatable bonds is 7. The molecule has 2 aliphatic rings. The Morgan fingerprint density at radius 3 is 2.48 bits per heavy atom. The standard InChI is InChI=1S/C27H35N3O3/c1-19(2)12-15-28-18-27(13-16-33-17-14-27)26(32)29-24-22-10-5-4-8-20(22)21-9-6-7-11-23(21)30(3)25(24)31/h4-11,19,24,28H,12-18H2,1-3H3,(H,29,32). The highest BCUT2D eigenvalue weighted by Gasteiger charge is 2.42. The minimum Gasteiger partial charge on any atom is -0.381 e. The van der Waals surface area contributed by atoms with Crippen molar-refractivity contribution in [3.05, 3.63) is 54.1 Å². The first kappa shape index (κ1) is 23.5. The van der Waals surface area contributed by atoms with Gasteiger partial charge in [-0.3, -0.25) is 9.59 Å². The van der Waals surface area contributed by atoms with Gasteiger partial charge in [0.2, 0.25) is 5.91 Å². The smallest absolute Gasteiger partial charge is 0.253 e. The van der Waals surface area contributed by atoms with E-state index in [0.717, 1.165) is 35.3 Å². The van der Waals surface area contributed by atoms with Gasteiger partial charge >= 0.3 is 0 Å². The number of carbonyl (C=O) groups is 2. The van der Waals surface area contributed by atoms with Crippen LogP contribution in [0, 0.1) is 11.3 Å². The van der Waals surface area contributed by atoms with Crippen LogP contribution in [0.2, 0.25) is 0 Å². The van der Waals surface area contributed by atoms with Gasteiger partial charge in [-0.2, -0.15) is 0 Å². The summed E-state index contributed by atoms with van der Waals surface area (Å²) in [5.41, 5.74) is 3.08. The van der Waals surface area contributed by atoms with Crippen LogP contribution in [0.5, 0.6) is 0 Å². The predicted molar refractivity (Wildman–Crippen MR) is 131 cm³/mol. The SMILES string of the molecule is CC(C)CCNCC1(C(=O)NC2C(=O)N(C)c3ccccc3-c3ccccc32)CCOCC1. The molecule has 0 bridgehead atoms. The molecule has 176 valence electrons. The van der Waals surface area contributed by atoms with Crippen LogP contribution in [0.15, 0.2) is 48.5 Å². The second-order valence-electron chi connectivity index (χ2n) is 9.66. The third-order valence-corrected chi connectivity index (χ3v) is 6.97. The average Bonchev–Trinajstić information content (AvgIpc) is 2.92. The van der Waals surface area contributed by atoms with E-state index in [-0.39, 0.29) is 11.8 Å². The Morgan fingerprint density at radius 2 is 1.76 bits per heavy atom. The van der Waals surface area contributed by atoms with Crippen molar-refractivity contribution < 1.29 is 14.3 Å². The molecule has 1 saturated heterocycles. The lowest BCUT2D eigenvalue weighted by Gasteiger charge is -2.37. The van der Waals surface area contributed by atoms with Crippen molar-refractivity contribution >= 4 is 17.5 Å². The molecule has 2 aliphatic heterocycles. The topological polar surface area (TPSA) is 70.7 Å².